The summed E-state index contributed by atoms with van der Waals surface area (Å²) in [6, 6.07) is 8.22. The number of aromatic carboxylic acids is 1. The molecule has 0 saturated carbocycles. The second kappa shape index (κ2) is 8.67. The zero-order chi connectivity index (χ0) is 21.0. The zero-order valence-electron chi connectivity index (χ0n) is 13.4. The van der Waals surface area contributed by atoms with Gasteiger partial charge in [-0.2, -0.15) is 16.8 Å². The van der Waals surface area contributed by atoms with Gasteiger partial charge in [0.15, 0.2) is 0 Å². The molecule has 0 aliphatic rings. The number of nitrogen functional groups attached to an aromatic ring is 2. The minimum Gasteiger partial charge on any atom is -0.478 e. The van der Waals surface area contributed by atoms with E-state index in [2.05, 4.69) is 15.9 Å². The van der Waals surface area contributed by atoms with Crippen LogP contribution in [0, 0.1) is 0 Å². The molecule has 27 heavy (non-hydrogen) atoms. The molecule has 0 aliphatic heterocycles. The number of carbonyl (C=O) groups is 1. The zero-order valence-corrected chi connectivity index (χ0v) is 16.6. The highest BCUT2D eigenvalue weighted by molar-refractivity contribution is 9.08. The van der Waals surface area contributed by atoms with Crippen LogP contribution in [0.15, 0.2) is 46.2 Å². The average molecular weight is 483 g/mol. The van der Waals surface area contributed by atoms with Crippen LogP contribution in [-0.4, -0.2) is 37.0 Å². The van der Waals surface area contributed by atoms with Crippen molar-refractivity contribution < 1.29 is 35.8 Å². The van der Waals surface area contributed by atoms with E-state index >= 15 is 0 Å². The number of anilines is 2. The van der Waals surface area contributed by atoms with Crippen molar-refractivity contribution in [1.82, 2.24) is 0 Å². The van der Waals surface area contributed by atoms with Crippen molar-refractivity contribution in [1.29, 1.82) is 0 Å². The van der Waals surface area contributed by atoms with E-state index in [-0.39, 0.29) is 0 Å². The number of nitrogens with two attached hydrogens (primary N) is 2. The van der Waals surface area contributed by atoms with Gasteiger partial charge in [-0.15, -0.1) is 0 Å². The van der Waals surface area contributed by atoms with E-state index in [1.54, 1.807) is 18.2 Å². The van der Waals surface area contributed by atoms with Crippen molar-refractivity contribution in [3.8, 4) is 0 Å². The fourth-order valence-electron chi connectivity index (χ4n) is 1.88. The molecule has 0 saturated heterocycles. The molecular weight excluding hydrogens is 468 g/mol. The number of carboxylic acid groups (broad SMARTS) is 1. The Morgan fingerprint density at radius 2 is 1.33 bits per heavy atom. The highest BCUT2D eigenvalue weighted by Gasteiger charge is 2.21. The van der Waals surface area contributed by atoms with Crippen LogP contribution in [0.5, 0.6) is 0 Å². The third-order valence-electron chi connectivity index (χ3n) is 3.09. The van der Waals surface area contributed by atoms with E-state index in [4.69, 9.17) is 25.7 Å². The van der Waals surface area contributed by atoms with Gasteiger partial charge in [0.25, 0.3) is 20.2 Å². The maximum Gasteiger partial charge on any atom is 0.335 e. The predicted molar refractivity (Wildman–Crippen MR) is 101 cm³/mol. The normalized spacial score (nSPS) is 11.4. The number of halogens is 1. The Morgan fingerprint density at radius 1 is 0.926 bits per heavy atom. The fraction of sp³-hybridized carbons (Fsp3) is 0.0714. The molecule has 10 nitrogen and oxygen atoms in total. The smallest absolute Gasteiger partial charge is 0.335 e. The van der Waals surface area contributed by atoms with E-state index in [9.17, 15) is 21.6 Å². The molecule has 0 unspecified atom stereocenters. The quantitative estimate of drug-likeness (QED) is 0.242. The Labute approximate surface area is 163 Å². The molecule has 0 heterocycles. The van der Waals surface area contributed by atoms with Gasteiger partial charge in [0.1, 0.15) is 9.79 Å². The summed E-state index contributed by atoms with van der Waals surface area (Å²) in [5.74, 6) is -0.875. The van der Waals surface area contributed by atoms with E-state index in [1.165, 1.54) is 0 Å². The van der Waals surface area contributed by atoms with Crippen LogP contribution in [0.25, 0.3) is 0 Å². The monoisotopic (exact) mass is 482 g/mol. The number of carboxylic acids is 1. The lowest BCUT2D eigenvalue weighted by Crippen LogP contribution is -2.09. The summed E-state index contributed by atoms with van der Waals surface area (Å²) in [4.78, 5) is 9.11. The van der Waals surface area contributed by atoms with E-state index < -0.39 is 47.4 Å². The van der Waals surface area contributed by atoms with Gasteiger partial charge in [-0.05, 0) is 23.8 Å². The second-order valence-electron chi connectivity index (χ2n) is 4.97. The van der Waals surface area contributed by atoms with Crippen molar-refractivity contribution in [2.24, 2.45) is 0 Å². The van der Waals surface area contributed by atoms with Gasteiger partial charge in [-0.25, -0.2) is 4.79 Å². The van der Waals surface area contributed by atoms with Crippen LogP contribution in [-0.2, 0) is 25.6 Å². The highest BCUT2D eigenvalue weighted by atomic mass is 79.9. The van der Waals surface area contributed by atoms with Gasteiger partial charge in [0.05, 0.1) is 16.9 Å². The topological polar surface area (TPSA) is 198 Å². The Bertz CT molecular complexity index is 1010. The van der Waals surface area contributed by atoms with Crippen LogP contribution in [0.3, 0.4) is 0 Å². The van der Waals surface area contributed by atoms with Crippen molar-refractivity contribution in [2.75, 3.05) is 11.5 Å². The molecule has 0 aliphatic carbocycles. The number of hydrogen-bond donors (Lipinski definition) is 5. The Hall–Kier alpha value is -2.19. The van der Waals surface area contributed by atoms with Gasteiger partial charge in [-0.1, -0.05) is 34.1 Å². The van der Waals surface area contributed by atoms with E-state index in [0.717, 1.165) is 5.56 Å². The molecule has 13 heteroatoms. The first-order chi connectivity index (χ1) is 12.3. The summed E-state index contributed by atoms with van der Waals surface area (Å²) in [6.07, 6.45) is 0. The predicted octanol–water partition coefficient (Wildman–Crippen LogP) is 1.62. The molecule has 148 valence electrons. The SMILES string of the molecule is Nc1cc(S(=O)(=O)O)c(N)cc1S(=O)(=O)O.O=C(O)c1ccccc1CBr. The van der Waals surface area contributed by atoms with Crippen molar-refractivity contribution in [3.05, 3.63) is 47.5 Å². The summed E-state index contributed by atoms with van der Waals surface area (Å²) < 4.78 is 60.5. The summed E-state index contributed by atoms with van der Waals surface area (Å²) in [5.41, 5.74) is 10.5. The molecule has 0 radical (unpaired) electrons. The standard InChI is InChI=1S/C8H7BrO2.C6H8N2O6S2/c9-5-6-3-1-2-4-7(6)8(10)11;7-3-1-5(15(9,10)11)4(8)2-6(3)16(12,13)14/h1-4H,5H2,(H,10,11);1-2H,7-8H2,(H,9,10,11)(H,12,13,14). The average Bonchev–Trinajstić information content (AvgIpc) is 2.55. The van der Waals surface area contributed by atoms with Crippen LogP contribution in [0.4, 0.5) is 11.4 Å². The van der Waals surface area contributed by atoms with Gasteiger partial charge in [0.2, 0.25) is 0 Å². The van der Waals surface area contributed by atoms with Crippen molar-refractivity contribution >= 4 is 53.5 Å². The van der Waals surface area contributed by atoms with Crippen LogP contribution in [0.2, 0.25) is 0 Å². The molecule has 0 aromatic heterocycles. The Kier molecular flexibility index (Phi) is 7.33. The molecule has 0 bridgehead atoms. The van der Waals surface area contributed by atoms with Gasteiger partial charge < -0.3 is 16.6 Å². The van der Waals surface area contributed by atoms with E-state index in [0.29, 0.717) is 23.0 Å². The summed E-state index contributed by atoms with van der Waals surface area (Å²) in [6.45, 7) is 0. The molecule has 0 amide bonds. The molecule has 2 aromatic carbocycles. The van der Waals surface area contributed by atoms with Crippen molar-refractivity contribution in [3.63, 3.8) is 0 Å². The largest absolute Gasteiger partial charge is 0.478 e. The highest BCUT2D eigenvalue weighted by Crippen LogP contribution is 2.27. The Balaban J connectivity index is 0.000000289. The first-order valence-corrected chi connectivity index (χ1v) is 10.8. The van der Waals surface area contributed by atoms with Gasteiger partial charge in [0, 0.05) is 5.33 Å². The fourth-order valence-corrected chi connectivity index (χ4v) is 3.64. The number of benzene rings is 2. The minimum absolute atomic E-state index is 0.365. The lowest BCUT2D eigenvalue weighted by Gasteiger charge is -2.07. The molecule has 0 fully saturated rings. The summed E-state index contributed by atoms with van der Waals surface area (Å²) in [5, 5.41) is 9.25. The number of alkyl halides is 1. The van der Waals surface area contributed by atoms with E-state index in [1.807, 2.05) is 6.07 Å². The molecule has 2 aromatic rings. The third kappa shape index (κ3) is 6.18. The lowest BCUT2D eigenvalue weighted by atomic mass is 10.1. The summed E-state index contributed by atoms with van der Waals surface area (Å²) >= 11 is 3.21. The molecular formula is C14H15BrN2O8S2. The minimum atomic E-state index is -4.60. The second-order valence-corrected chi connectivity index (χ2v) is 8.31. The third-order valence-corrected chi connectivity index (χ3v) is 5.51. The Morgan fingerprint density at radius 3 is 1.63 bits per heavy atom. The number of hydrogen-bond acceptors (Lipinski definition) is 7. The molecule has 0 spiro atoms. The summed E-state index contributed by atoms with van der Waals surface area (Å²) in [7, 11) is -9.20. The lowest BCUT2D eigenvalue weighted by molar-refractivity contribution is 0.0696. The molecule has 2 rings (SSSR count). The molecule has 0 atom stereocenters. The van der Waals surface area contributed by atoms with Gasteiger partial charge >= 0.3 is 5.97 Å². The van der Waals surface area contributed by atoms with Crippen LogP contribution < -0.4 is 11.5 Å². The van der Waals surface area contributed by atoms with Crippen molar-refractivity contribution in [2.45, 2.75) is 15.1 Å². The first kappa shape index (κ1) is 22.9. The maximum absolute atomic E-state index is 10.8. The first-order valence-electron chi connectivity index (χ1n) is 6.80. The van der Waals surface area contributed by atoms with Crippen LogP contribution in [0.1, 0.15) is 15.9 Å². The molecule has 7 N–H and O–H groups in total. The van der Waals surface area contributed by atoms with Crippen LogP contribution >= 0.6 is 15.9 Å². The number of rotatable bonds is 4. The maximum atomic E-state index is 10.8. The van der Waals surface area contributed by atoms with Gasteiger partial charge in [-0.3, -0.25) is 9.11 Å².